The monoisotopic (exact) mass is 259 g/mol. The Morgan fingerprint density at radius 1 is 1.21 bits per heavy atom. The van der Waals surface area contributed by atoms with E-state index in [-0.39, 0.29) is 5.91 Å². The highest BCUT2D eigenvalue weighted by molar-refractivity contribution is 6.52. The van der Waals surface area contributed by atoms with Crippen molar-refractivity contribution >= 4 is 29.0 Å². The van der Waals surface area contributed by atoms with Gasteiger partial charge in [-0.15, -0.1) is 0 Å². The average Bonchev–Trinajstić information content (AvgIpc) is 2.64. The van der Waals surface area contributed by atoms with Gasteiger partial charge in [0.2, 0.25) is 5.91 Å². The van der Waals surface area contributed by atoms with Crippen molar-refractivity contribution < 1.29 is 14.4 Å². The van der Waals surface area contributed by atoms with Crippen LogP contribution in [0.3, 0.4) is 0 Å². The number of ketones is 1. The van der Waals surface area contributed by atoms with E-state index < -0.39 is 11.7 Å². The molecule has 0 bridgehead atoms. The van der Waals surface area contributed by atoms with Crippen LogP contribution >= 0.6 is 0 Å². The second kappa shape index (κ2) is 4.08. The lowest BCUT2D eigenvalue weighted by Crippen LogP contribution is -2.47. The van der Waals surface area contributed by atoms with E-state index in [1.54, 1.807) is 25.2 Å². The number of carbonyl (C=O) groups is 3. The second-order valence-corrected chi connectivity index (χ2v) is 4.67. The van der Waals surface area contributed by atoms with Crippen molar-refractivity contribution in [3.63, 3.8) is 0 Å². The van der Waals surface area contributed by atoms with Crippen LogP contribution in [-0.4, -0.2) is 44.3 Å². The molecule has 1 fully saturated rings. The first kappa shape index (κ1) is 11.7. The predicted molar refractivity (Wildman–Crippen MR) is 69.4 cm³/mol. The first-order chi connectivity index (χ1) is 9.08. The number of Topliss-reactive ketones (excluding diaryl/α,β-unsaturated/α-hetero) is 1. The van der Waals surface area contributed by atoms with Gasteiger partial charge in [0.05, 0.1) is 17.8 Å². The highest BCUT2D eigenvalue weighted by Crippen LogP contribution is 2.31. The number of rotatable bonds is 1. The number of benzene rings is 1. The Balaban J connectivity index is 1.96. The molecule has 1 saturated heterocycles. The number of hydrogen-bond acceptors (Lipinski definition) is 4. The Kier molecular flexibility index (Phi) is 2.51. The minimum absolute atomic E-state index is 0.0211. The first-order valence-corrected chi connectivity index (χ1v) is 6.06. The van der Waals surface area contributed by atoms with E-state index in [2.05, 4.69) is 5.32 Å². The molecule has 2 amide bonds. The van der Waals surface area contributed by atoms with Crippen molar-refractivity contribution in [2.45, 2.75) is 0 Å². The molecule has 0 aliphatic carbocycles. The summed E-state index contributed by atoms with van der Waals surface area (Å²) in [5.74, 6) is -1.00. The van der Waals surface area contributed by atoms with Gasteiger partial charge in [0, 0.05) is 25.8 Å². The Morgan fingerprint density at radius 2 is 2.00 bits per heavy atom. The number of piperazine rings is 1. The minimum atomic E-state index is -0.511. The normalized spacial score (nSPS) is 18.7. The van der Waals surface area contributed by atoms with Crippen LogP contribution < -0.4 is 15.1 Å². The van der Waals surface area contributed by atoms with Gasteiger partial charge in [-0.2, -0.15) is 0 Å². The summed E-state index contributed by atoms with van der Waals surface area (Å²) < 4.78 is 0. The molecule has 1 aromatic rings. The van der Waals surface area contributed by atoms with Crippen molar-refractivity contribution in [2.75, 3.05) is 36.5 Å². The highest BCUT2D eigenvalue weighted by Gasteiger charge is 2.33. The van der Waals surface area contributed by atoms with Crippen LogP contribution in [0.5, 0.6) is 0 Å². The summed E-state index contributed by atoms with van der Waals surface area (Å²) in [4.78, 5) is 37.9. The lowest BCUT2D eigenvalue weighted by atomic mass is 10.1. The molecule has 19 heavy (non-hydrogen) atoms. The van der Waals surface area contributed by atoms with Gasteiger partial charge in [-0.05, 0) is 18.2 Å². The maximum absolute atomic E-state index is 11.7. The molecule has 0 radical (unpaired) electrons. The summed E-state index contributed by atoms with van der Waals surface area (Å²) in [6.45, 7) is 1.62. The fraction of sp³-hybridized carbons (Fsp3) is 0.308. The van der Waals surface area contributed by atoms with Gasteiger partial charge in [-0.3, -0.25) is 14.4 Å². The third kappa shape index (κ3) is 1.76. The van der Waals surface area contributed by atoms with E-state index in [1.165, 1.54) is 4.90 Å². The van der Waals surface area contributed by atoms with Gasteiger partial charge in [-0.25, -0.2) is 0 Å². The number of likely N-dealkylation sites (N-methyl/N-ethyl adjacent to an activating group) is 1. The molecule has 2 aliphatic heterocycles. The van der Waals surface area contributed by atoms with Crippen LogP contribution in [0.1, 0.15) is 10.4 Å². The van der Waals surface area contributed by atoms with E-state index in [9.17, 15) is 14.4 Å². The van der Waals surface area contributed by atoms with E-state index in [1.807, 2.05) is 4.90 Å². The SMILES string of the molecule is CN1C(=O)C(=O)c2ccc(N3CCNC(=O)C3)cc21. The number of fused-ring (bicyclic) bond motifs is 1. The van der Waals surface area contributed by atoms with E-state index in [0.29, 0.717) is 24.3 Å². The first-order valence-electron chi connectivity index (χ1n) is 6.06. The maximum atomic E-state index is 11.7. The highest BCUT2D eigenvalue weighted by atomic mass is 16.2. The van der Waals surface area contributed by atoms with Gasteiger partial charge in [-0.1, -0.05) is 0 Å². The molecule has 2 heterocycles. The minimum Gasteiger partial charge on any atom is -0.360 e. The Bertz CT molecular complexity index is 597. The Hall–Kier alpha value is -2.37. The van der Waals surface area contributed by atoms with E-state index >= 15 is 0 Å². The number of nitrogens with one attached hydrogen (secondary N) is 1. The summed E-state index contributed by atoms with van der Waals surface area (Å²) in [7, 11) is 1.58. The van der Waals surface area contributed by atoms with Crippen LogP contribution in [0.15, 0.2) is 18.2 Å². The van der Waals surface area contributed by atoms with E-state index in [0.717, 1.165) is 12.2 Å². The average molecular weight is 259 g/mol. The second-order valence-electron chi connectivity index (χ2n) is 4.67. The topological polar surface area (TPSA) is 69.7 Å². The predicted octanol–water partition coefficient (Wildman–Crippen LogP) is -0.218. The van der Waals surface area contributed by atoms with Gasteiger partial charge in [0.25, 0.3) is 11.7 Å². The lowest BCUT2D eigenvalue weighted by Gasteiger charge is -2.29. The number of nitrogens with zero attached hydrogens (tertiary/aromatic N) is 2. The Labute approximate surface area is 110 Å². The molecule has 0 aromatic heterocycles. The molecular weight excluding hydrogens is 246 g/mol. The summed E-state index contributed by atoms with van der Waals surface area (Å²) in [5.41, 5.74) is 1.89. The summed E-state index contributed by atoms with van der Waals surface area (Å²) in [5, 5.41) is 2.76. The van der Waals surface area contributed by atoms with Crippen molar-refractivity contribution in [2.24, 2.45) is 0 Å². The number of hydrogen-bond donors (Lipinski definition) is 1. The van der Waals surface area contributed by atoms with Gasteiger partial charge >= 0.3 is 0 Å². The smallest absolute Gasteiger partial charge is 0.299 e. The van der Waals surface area contributed by atoms with Crippen LogP contribution in [0.25, 0.3) is 0 Å². The molecule has 0 spiro atoms. The van der Waals surface area contributed by atoms with Crippen LogP contribution in [-0.2, 0) is 9.59 Å². The molecule has 1 aromatic carbocycles. The standard InChI is InChI=1S/C13H13N3O3/c1-15-10-6-8(16-5-4-14-11(17)7-16)2-3-9(10)12(18)13(15)19/h2-3,6H,4-5,7H2,1H3,(H,14,17). The fourth-order valence-electron chi connectivity index (χ4n) is 2.42. The molecule has 0 unspecified atom stereocenters. The lowest BCUT2D eigenvalue weighted by molar-refractivity contribution is -0.120. The summed E-state index contributed by atoms with van der Waals surface area (Å²) in [6, 6.07) is 5.22. The molecule has 6 nitrogen and oxygen atoms in total. The van der Waals surface area contributed by atoms with Crippen molar-refractivity contribution in [1.29, 1.82) is 0 Å². The quantitative estimate of drug-likeness (QED) is 0.708. The molecular formula is C13H13N3O3. The zero-order valence-electron chi connectivity index (χ0n) is 10.5. The fourth-order valence-corrected chi connectivity index (χ4v) is 2.42. The zero-order chi connectivity index (χ0) is 13.6. The Morgan fingerprint density at radius 3 is 2.74 bits per heavy atom. The van der Waals surface area contributed by atoms with Crippen LogP contribution in [0.2, 0.25) is 0 Å². The van der Waals surface area contributed by atoms with Crippen LogP contribution in [0.4, 0.5) is 11.4 Å². The molecule has 0 saturated carbocycles. The largest absolute Gasteiger partial charge is 0.360 e. The van der Waals surface area contributed by atoms with Crippen LogP contribution in [0, 0.1) is 0 Å². The number of amides is 2. The van der Waals surface area contributed by atoms with Crippen molar-refractivity contribution in [3.8, 4) is 0 Å². The zero-order valence-corrected chi connectivity index (χ0v) is 10.5. The van der Waals surface area contributed by atoms with Crippen molar-refractivity contribution in [3.05, 3.63) is 23.8 Å². The van der Waals surface area contributed by atoms with Gasteiger partial charge in [0.1, 0.15) is 0 Å². The maximum Gasteiger partial charge on any atom is 0.299 e. The summed E-state index contributed by atoms with van der Waals surface area (Å²) in [6.07, 6.45) is 0. The molecule has 3 rings (SSSR count). The van der Waals surface area contributed by atoms with Gasteiger partial charge < -0.3 is 15.1 Å². The van der Waals surface area contributed by atoms with Crippen molar-refractivity contribution in [1.82, 2.24) is 5.32 Å². The molecule has 0 atom stereocenters. The molecule has 1 N–H and O–H groups in total. The third-order valence-corrected chi connectivity index (χ3v) is 3.49. The summed E-state index contributed by atoms with van der Waals surface area (Å²) >= 11 is 0. The number of carbonyl (C=O) groups excluding carboxylic acids is 3. The molecule has 2 aliphatic rings. The molecule has 98 valence electrons. The number of anilines is 2. The van der Waals surface area contributed by atoms with E-state index in [4.69, 9.17) is 0 Å². The van der Waals surface area contributed by atoms with Gasteiger partial charge in [0.15, 0.2) is 0 Å². The third-order valence-electron chi connectivity index (χ3n) is 3.49. The molecule has 6 heteroatoms.